The van der Waals surface area contributed by atoms with Gasteiger partial charge in [-0.3, -0.25) is 4.98 Å². The SMILES string of the molecule is COc1ccc2ncc3c(c2n1)C(O)CCN3c1ccccc1. The molecule has 1 atom stereocenters. The first-order chi connectivity index (χ1) is 11.3. The van der Waals surface area contributed by atoms with E-state index in [2.05, 4.69) is 27.0 Å². The minimum absolute atomic E-state index is 0.525. The summed E-state index contributed by atoms with van der Waals surface area (Å²) in [6, 6.07) is 13.8. The zero-order valence-electron chi connectivity index (χ0n) is 12.8. The van der Waals surface area contributed by atoms with E-state index in [4.69, 9.17) is 4.74 Å². The summed E-state index contributed by atoms with van der Waals surface area (Å²) in [4.78, 5) is 11.2. The Morgan fingerprint density at radius 3 is 2.78 bits per heavy atom. The number of fused-ring (bicyclic) bond motifs is 3. The molecule has 3 heterocycles. The Labute approximate surface area is 134 Å². The lowest BCUT2D eigenvalue weighted by atomic mass is 9.98. The first-order valence-corrected chi connectivity index (χ1v) is 7.62. The molecule has 1 aliphatic heterocycles. The number of aliphatic hydroxyl groups excluding tert-OH is 1. The highest BCUT2D eigenvalue weighted by Gasteiger charge is 2.28. The van der Waals surface area contributed by atoms with Gasteiger partial charge in [0.15, 0.2) is 0 Å². The van der Waals surface area contributed by atoms with Crippen LogP contribution in [0.4, 0.5) is 11.4 Å². The number of aliphatic hydroxyl groups is 1. The van der Waals surface area contributed by atoms with Crippen LogP contribution in [-0.4, -0.2) is 28.7 Å². The zero-order valence-corrected chi connectivity index (χ0v) is 12.8. The second-order valence-corrected chi connectivity index (χ2v) is 5.57. The van der Waals surface area contributed by atoms with Crippen molar-refractivity contribution in [2.24, 2.45) is 0 Å². The number of hydrogen-bond acceptors (Lipinski definition) is 5. The van der Waals surface area contributed by atoms with Gasteiger partial charge in [0.1, 0.15) is 5.52 Å². The van der Waals surface area contributed by atoms with Crippen LogP contribution in [0.5, 0.6) is 5.88 Å². The molecule has 0 spiro atoms. The highest BCUT2D eigenvalue weighted by molar-refractivity contribution is 5.86. The summed E-state index contributed by atoms with van der Waals surface area (Å²) in [5.41, 5.74) is 4.28. The molecule has 2 aromatic heterocycles. The van der Waals surface area contributed by atoms with Gasteiger partial charge in [0.25, 0.3) is 0 Å². The van der Waals surface area contributed by atoms with Crippen molar-refractivity contribution in [3.8, 4) is 5.88 Å². The summed E-state index contributed by atoms with van der Waals surface area (Å²) < 4.78 is 5.23. The molecule has 0 bridgehead atoms. The summed E-state index contributed by atoms with van der Waals surface area (Å²) in [6.07, 6.45) is 1.93. The van der Waals surface area contributed by atoms with Crippen LogP contribution in [0.3, 0.4) is 0 Å². The highest BCUT2D eigenvalue weighted by Crippen LogP contribution is 2.40. The second-order valence-electron chi connectivity index (χ2n) is 5.57. The lowest BCUT2D eigenvalue weighted by Crippen LogP contribution is -2.27. The number of hydrogen-bond donors (Lipinski definition) is 1. The minimum Gasteiger partial charge on any atom is -0.481 e. The predicted molar refractivity (Wildman–Crippen MR) is 89.1 cm³/mol. The first kappa shape index (κ1) is 14.0. The van der Waals surface area contributed by atoms with E-state index in [0.717, 1.165) is 29.0 Å². The maximum Gasteiger partial charge on any atom is 0.213 e. The molecule has 0 saturated heterocycles. The maximum absolute atomic E-state index is 10.6. The third kappa shape index (κ3) is 2.29. The summed E-state index contributed by atoms with van der Waals surface area (Å²) in [7, 11) is 1.59. The zero-order chi connectivity index (χ0) is 15.8. The smallest absolute Gasteiger partial charge is 0.213 e. The van der Waals surface area contributed by atoms with Crippen molar-refractivity contribution in [2.75, 3.05) is 18.6 Å². The van der Waals surface area contributed by atoms with Gasteiger partial charge in [0.05, 0.1) is 30.6 Å². The fourth-order valence-corrected chi connectivity index (χ4v) is 3.11. The largest absolute Gasteiger partial charge is 0.481 e. The summed E-state index contributed by atoms with van der Waals surface area (Å²) in [5, 5.41) is 10.6. The highest BCUT2D eigenvalue weighted by atomic mass is 16.5. The number of aromatic nitrogens is 2. The van der Waals surface area contributed by atoms with Crippen molar-refractivity contribution in [1.29, 1.82) is 0 Å². The molecule has 23 heavy (non-hydrogen) atoms. The molecule has 1 N–H and O–H groups in total. The Kier molecular flexibility index (Phi) is 3.35. The molecule has 0 amide bonds. The molecular formula is C18H17N3O2. The van der Waals surface area contributed by atoms with Crippen molar-refractivity contribution >= 4 is 22.4 Å². The van der Waals surface area contributed by atoms with Gasteiger partial charge in [-0.25, -0.2) is 4.98 Å². The number of anilines is 2. The number of nitrogens with zero attached hydrogens (tertiary/aromatic N) is 3. The van der Waals surface area contributed by atoms with Crippen LogP contribution in [-0.2, 0) is 0 Å². The second kappa shape index (κ2) is 5.52. The fourth-order valence-electron chi connectivity index (χ4n) is 3.11. The monoisotopic (exact) mass is 307 g/mol. The standard InChI is InChI=1S/C18H17N3O2/c1-23-16-8-7-13-18(20-16)17-14(11-19-13)21(10-9-15(17)22)12-5-3-2-4-6-12/h2-8,11,15,22H,9-10H2,1H3. The molecule has 5 heteroatoms. The van der Waals surface area contributed by atoms with Gasteiger partial charge in [-0.05, 0) is 24.6 Å². The van der Waals surface area contributed by atoms with E-state index < -0.39 is 6.10 Å². The van der Waals surface area contributed by atoms with Gasteiger partial charge < -0.3 is 14.7 Å². The Morgan fingerprint density at radius 2 is 2.00 bits per heavy atom. The van der Waals surface area contributed by atoms with Crippen LogP contribution in [0, 0.1) is 0 Å². The van der Waals surface area contributed by atoms with Gasteiger partial charge in [-0.1, -0.05) is 18.2 Å². The fraction of sp³-hybridized carbons (Fsp3) is 0.222. The molecule has 1 aromatic carbocycles. The molecule has 0 saturated carbocycles. The van der Waals surface area contributed by atoms with Crippen molar-refractivity contribution in [1.82, 2.24) is 9.97 Å². The molecule has 1 aliphatic rings. The normalized spacial score (nSPS) is 17.1. The number of pyridine rings is 2. The van der Waals surface area contributed by atoms with Crippen LogP contribution in [0.15, 0.2) is 48.7 Å². The number of ether oxygens (including phenoxy) is 1. The molecule has 1 unspecified atom stereocenters. The van der Waals surface area contributed by atoms with Crippen LogP contribution in [0.25, 0.3) is 11.0 Å². The molecule has 0 fully saturated rings. The van der Waals surface area contributed by atoms with E-state index in [-0.39, 0.29) is 0 Å². The third-order valence-electron chi connectivity index (χ3n) is 4.23. The lowest BCUT2D eigenvalue weighted by Gasteiger charge is -2.33. The van der Waals surface area contributed by atoms with Crippen LogP contribution in [0.1, 0.15) is 18.1 Å². The molecule has 0 aliphatic carbocycles. The summed E-state index contributed by atoms with van der Waals surface area (Å²) >= 11 is 0. The average molecular weight is 307 g/mol. The number of benzene rings is 1. The summed E-state index contributed by atoms with van der Waals surface area (Å²) in [6.45, 7) is 0.745. The predicted octanol–water partition coefficient (Wildman–Crippen LogP) is 3.21. The number of methoxy groups -OCH3 is 1. The van der Waals surface area contributed by atoms with Gasteiger partial charge in [0.2, 0.25) is 5.88 Å². The Morgan fingerprint density at radius 1 is 1.17 bits per heavy atom. The topological polar surface area (TPSA) is 58.5 Å². The van der Waals surface area contributed by atoms with Crippen LogP contribution >= 0.6 is 0 Å². The van der Waals surface area contributed by atoms with E-state index in [1.807, 2.05) is 30.5 Å². The van der Waals surface area contributed by atoms with E-state index in [0.29, 0.717) is 17.8 Å². The van der Waals surface area contributed by atoms with Gasteiger partial charge in [-0.15, -0.1) is 0 Å². The maximum atomic E-state index is 10.6. The average Bonchev–Trinajstić information content (AvgIpc) is 2.62. The van der Waals surface area contributed by atoms with Crippen molar-refractivity contribution in [3.05, 3.63) is 54.2 Å². The van der Waals surface area contributed by atoms with E-state index in [9.17, 15) is 5.11 Å². The molecule has 0 radical (unpaired) electrons. The number of rotatable bonds is 2. The van der Waals surface area contributed by atoms with Crippen LogP contribution < -0.4 is 9.64 Å². The van der Waals surface area contributed by atoms with E-state index >= 15 is 0 Å². The molecule has 3 aromatic rings. The van der Waals surface area contributed by atoms with Crippen LogP contribution in [0.2, 0.25) is 0 Å². The minimum atomic E-state index is -0.546. The van der Waals surface area contributed by atoms with Crippen molar-refractivity contribution in [3.63, 3.8) is 0 Å². The van der Waals surface area contributed by atoms with Crippen molar-refractivity contribution in [2.45, 2.75) is 12.5 Å². The Hall–Kier alpha value is -2.66. The quantitative estimate of drug-likeness (QED) is 0.788. The molecule has 4 rings (SSSR count). The Bertz CT molecular complexity index is 852. The van der Waals surface area contributed by atoms with Gasteiger partial charge in [0, 0.05) is 23.9 Å². The first-order valence-electron chi connectivity index (χ1n) is 7.62. The summed E-state index contributed by atoms with van der Waals surface area (Å²) in [5.74, 6) is 0.525. The van der Waals surface area contributed by atoms with E-state index in [1.54, 1.807) is 13.2 Å². The molecule has 116 valence electrons. The molecular weight excluding hydrogens is 290 g/mol. The van der Waals surface area contributed by atoms with Gasteiger partial charge in [-0.2, -0.15) is 0 Å². The van der Waals surface area contributed by atoms with Crippen molar-refractivity contribution < 1.29 is 9.84 Å². The number of para-hydroxylation sites is 1. The van der Waals surface area contributed by atoms with Gasteiger partial charge >= 0.3 is 0 Å². The van der Waals surface area contributed by atoms with E-state index in [1.165, 1.54) is 0 Å². The molecule has 5 nitrogen and oxygen atoms in total. The third-order valence-corrected chi connectivity index (χ3v) is 4.23. The Balaban J connectivity index is 1.94. The lowest BCUT2D eigenvalue weighted by molar-refractivity contribution is 0.167.